The van der Waals surface area contributed by atoms with Crippen molar-refractivity contribution in [3.05, 3.63) is 0 Å². The predicted molar refractivity (Wildman–Crippen MR) is 43.2 cm³/mol. The smallest absolute Gasteiger partial charge is 0.136 e. The monoisotopic (exact) mass is 156 g/mol. The molecule has 0 aromatic rings. The minimum absolute atomic E-state index is 0.0833. The molecule has 0 radical (unpaired) electrons. The lowest BCUT2D eigenvalue weighted by Crippen LogP contribution is -2.25. The van der Waals surface area contributed by atoms with Crippen molar-refractivity contribution in [2.45, 2.75) is 30.4 Å². The first-order chi connectivity index (χ1) is 4.87. The zero-order valence-corrected chi connectivity index (χ0v) is 6.82. The highest BCUT2D eigenvalue weighted by Crippen LogP contribution is 2.52. The summed E-state index contributed by atoms with van der Waals surface area (Å²) in [4.78, 5) is 10.8. The second-order valence-corrected chi connectivity index (χ2v) is 4.76. The number of aldehydes is 1. The normalized spacial score (nSPS) is 40.0. The molecule has 2 heteroatoms. The summed E-state index contributed by atoms with van der Waals surface area (Å²) >= 11 is 1.89. The Labute approximate surface area is 65.6 Å². The molecule has 0 aromatic carbocycles. The SMILES string of the molecule is O=CC1(C2CC2)CCCS1. The largest absolute Gasteiger partial charge is 0.302 e. The Kier molecular flexibility index (Phi) is 1.52. The quantitative estimate of drug-likeness (QED) is 0.568. The summed E-state index contributed by atoms with van der Waals surface area (Å²) in [5.41, 5.74) is 0. The first-order valence-corrected chi connectivity index (χ1v) is 4.96. The molecule has 10 heavy (non-hydrogen) atoms. The summed E-state index contributed by atoms with van der Waals surface area (Å²) in [7, 11) is 0. The van der Waals surface area contributed by atoms with Gasteiger partial charge >= 0.3 is 0 Å². The molecule has 0 bridgehead atoms. The van der Waals surface area contributed by atoms with Crippen LogP contribution in [0.1, 0.15) is 25.7 Å². The fourth-order valence-electron chi connectivity index (χ4n) is 1.77. The van der Waals surface area contributed by atoms with Gasteiger partial charge in [0.05, 0.1) is 4.75 Å². The molecule has 1 nitrogen and oxygen atoms in total. The Hall–Kier alpha value is 0.0200. The molecular formula is C8H12OS. The van der Waals surface area contributed by atoms with E-state index in [1.54, 1.807) is 0 Å². The van der Waals surface area contributed by atoms with Crippen molar-refractivity contribution in [1.29, 1.82) is 0 Å². The molecule has 1 aliphatic heterocycles. The molecule has 2 rings (SSSR count). The Balaban J connectivity index is 2.11. The van der Waals surface area contributed by atoms with E-state index in [9.17, 15) is 4.79 Å². The average molecular weight is 156 g/mol. The number of hydrogen-bond donors (Lipinski definition) is 0. The van der Waals surface area contributed by atoms with Gasteiger partial charge in [-0.3, -0.25) is 0 Å². The van der Waals surface area contributed by atoms with Crippen LogP contribution in [0.2, 0.25) is 0 Å². The maximum Gasteiger partial charge on any atom is 0.136 e. The molecule has 0 aromatic heterocycles. The first-order valence-electron chi connectivity index (χ1n) is 3.98. The molecule has 1 aliphatic carbocycles. The van der Waals surface area contributed by atoms with Crippen LogP contribution in [0.25, 0.3) is 0 Å². The van der Waals surface area contributed by atoms with E-state index in [0.29, 0.717) is 0 Å². The number of rotatable bonds is 2. The van der Waals surface area contributed by atoms with Crippen molar-refractivity contribution in [3.8, 4) is 0 Å². The number of thioether (sulfide) groups is 1. The molecule has 1 saturated carbocycles. The highest BCUT2D eigenvalue weighted by atomic mass is 32.2. The van der Waals surface area contributed by atoms with Crippen LogP contribution < -0.4 is 0 Å². The second kappa shape index (κ2) is 2.26. The van der Waals surface area contributed by atoms with Crippen LogP contribution in [0, 0.1) is 5.92 Å². The Morgan fingerprint density at radius 3 is 2.70 bits per heavy atom. The van der Waals surface area contributed by atoms with E-state index < -0.39 is 0 Å². The van der Waals surface area contributed by atoms with Crippen LogP contribution in [0.3, 0.4) is 0 Å². The summed E-state index contributed by atoms with van der Waals surface area (Å²) < 4.78 is 0.0833. The molecule has 0 spiro atoms. The summed E-state index contributed by atoms with van der Waals surface area (Å²) in [6.45, 7) is 0. The minimum Gasteiger partial charge on any atom is -0.302 e. The zero-order chi connectivity index (χ0) is 7.03. The summed E-state index contributed by atoms with van der Waals surface area (Å²) in [5, 5.41) is 0. The molecule has 1 heterocycles. The fourth-order valence-corrected chi connectivity index (χ4v) is 3.26. The van der Waals surface area contributed by atoms with Gasteiger partial charge < -0.3 is 4.79 Å². The van der Waals surface area contributed by atoms with Crippen LogP contribution >= 0.6 is 11.8 Å². The minimum atomic E-state index is 0.0833. The van der Waals surface area contributed by atoms with Crippen molar-refractivity contribution < 1.29 is 4.79 Å². The van der Waals surface area contributed by atoms with Crippen LogP contribution in [0.15, 0.2) is 0 Å². The molecule has 0 N–H and O–H groups in total. The third-order valence-electron chi connectivity index (χ3n) is 2.55. The maximum absolute atomic E-state index is 10.8. The topological polar surface area (TPSA) is 17.1 Å². The molecule has 2 aliphatic rings. The molecule has 1 unspecified atom stereocenters. The predicted octanol–water partition coefficient (Wildman–Crippen LogP) is 1.86. The number of carbonyl (C=O) groups excluding carboxylic acids is 1. The van der Waals surface area contributed by atoms with Crippen molar-refractivity contribution in [1.82, 2.24) is 0 Å². The fraction of sp³-hybridized carbons (Fsp3) is 0.875. The highest BCUT2D eigenvalue weighted by Gasteiger charge is 2.47. The van der Waals surface area contributed by atoms with E-state index in [-0.39, 0.29) is 4.75 Å². The molecule has 1 saturated heterocycles. The molecule has 0 amide bonds. The standard InChI is InChI=1S/C8H12OS/c9-6-8(7-2-3-7)4-1-5-10-8/h6-7H,1-5H2. The van der Waals surface area contributed by atoms with Gasteiger partial charge in [-0.25, -0.2) is 0 Å². The molecule has 1 atom stereocenters. The Morgan fingerprint density at radius 2 is 2.30 bits per heavy atom. The van der Waals surface area contributed by atoms with E-state index in [1.165, 1.54) is 31.3 Å². The van der Waals surface area contributed by atoms with Crippen molar-refractivity contribution >= 4 is 18.0 Å². The van der Waals surface area contributed by atoms with Crippen LogP contribution in [-0.2, 0) is 4.79 Å². The lowest BCUT2D eigenvalue weighted by atomic mass is 9.99. The van der Waals surface area contributed by atoms with E-state index in [0.717, 1.165) is 12.3 Å². The Bertz CT molecular complexity index is 145. The van der Waals surface area contributed by atoms with Gasteiger partial charge in [-0.05, 0) is 37.4 Å². The highest BCUT2D eigenvalue weighted by molar-refractivity contribution is 8.01. The summed E-state index contributed by atoms with van der Waals surface area (Å²) in [6, 6.07) is 0. The van der Waals surface area contributed by atoms with Gasteiger partial charge in [-0.2, -0.15) is 0 Å². The van der Waals surface area contributed by atoms with Crippen LogP contribution in [-0.4, -0.2) is 16.8 Å². The van der Waals surface area contributed by atoms with Gasteiger partial charge in [0.2, 0.25) is 0 Å². The summed E-state index contributed by atoms with van der Waals surface area (Å²) in [5.74, 6) is 1.95. The Morgan fingerprint density at radius 1 is 1.50 bits per heavy atom. The molecule has 2 fully saturated rings. The van der Waals surface area contributed by atoms with Gasteiger partial charge in [0.15, 0.2) is 0 Å². The van der Waals surface area contributed by atoms with Crippen molar-refractivity contribution in [2.75, 3.05) is 5.75 Å². The summed E-state index contributed by atoms with van der Waals surface area (Å²) in [6.07, 6.45) is 6.20. The van der Waals surface area contributed by atoms with E-state index in [2.05, 4.69) is 0 Å². The van der Waals surface area contributed by atoms with Gasteiger partial charge in [-0.15, -0.1) is 11.8 Å². The van der Waals surface area contributed by atoms with Crippen LogP contribution in [0.4, 0.5) is 0 Å². The van der Waals surface area contributed by atoms with Gasteiger partial charge in [-0.1, -0.05) is 0 Å². The third kappa shape index (κ3) is 0.895. The van der Waals surface area contributed by atoms with Gasteiger partial charge in [0, 0.05) is 0 Å². The number of hydrogen-bond acceptors (Lipinski definition) is 2. The second-order valence-electron chi connectivity index (χ2n) is 3.30. The first kappa shape index (κ1) is 6.71. The van der Waals surface area contributed by atoms with Crippen molar-refractivity contribution in [2.24, 2.45) is 5.92 Å². The van der Waals surface area contributed by atoms with Crippen molar-refractivity contribution in [3.63, 3.8) is 0 Å². The maximum atomic E-state index is 10.8. The molecule has 56 valence electrons. The number of carbonyl (C=O) groups is 1. The van der Waals surface area contributed by atoms with E-state index in [1.807, 2.05) is 11.8 Å². The lowest BCUT2D eigenvalue weighted by Gasteiger charge is -2.19. The van der Waals surface area contributed by atoms with E-state index >= 15 is 0 Å². The zero-order valence-electron chi connectivity index (χ0n) is 6.01. The van der Waals surface area contributed by atoms with E-state index in [4.69, 9.17) is 0 Å². The molecular weight excluding hydrogens is 144 g/mol. The van der Waals surface area contributed by atoms with Gasteiger partial charge in [0.25, 0.3) is 0 Å². The van der Waals surface area contributed by atoms with Crippen LogP contribution in [0.5, 0.6) is 0 Å². The lowest BCUT2D eigenvalue weighted by molar-refractivity contribution is -0.110. The van der Waals surface area contributed by atoms with Gasteiger partial charge in [0.1, 0.15) is 6.29 Å². The third-order valence-corrected chi connectivity index (χ3v) is 4.21. The average Bonchev–Trinajstić information content (AvgIpc) is 2.71.